The van der Waals surface area contributed by atoms with Crippen molar-refractivity contribution in [3.05, 3.63) is 53.0 Å². The third-order valence-corrected chi connectivity index (χ3v) is 7.75. The van der Waals surface area contributed by atoms with Gasteiger partial charge in [0.2, 0.25) is 5.82 Å². The molecule has 10 heteroatoms. The number of nitrogens with zero attached hydrogens (tertiary/aromatic N) is 3. The van der Waals surface area contributed by atoms with E-state index in [9.17, 15) is 9.18 Å². The van der Waals surface area contributed by atoms with Crippen LogP contribution < -0.4 is 10.1 Å². The first-order chi connectivity index (χ1) is 18.5. The lowest BCUT2D eigenvalue weighted by molar-refractivity contribution is 0.0593. The lowest BCUT2D eigenvalue weighted by atomic mass is 9.87. The molecule has 5 rings (SSSR count). The van der Waals surface area contributed by atoms with E-state index in [0.717, 1.165) is 45.1 Å². The predicted molar refractivity (Wildman–Crippen MR) is 143 cm³/mol. The Morgan fingerprint density at radius 3 is 2.71 bits per heavy atom. The normalized spacial score (nSPS) is 16.9. The fraction of sp³-hybridized carbons (Fsp3) is 0.500. The molecular weight excluding hydrogens is 509 g/mol. The monoisotopic (exact) mass is 541 g/mol. The van der Waals surface area contributed by atoms with Gasteiger partial charge in [0.25, 0.3) is 5.91 Å². The van der Waals surface area contributed by atoms with Gasteiger partial charge in [0.1, 0.15) is 23.2 Å². The molecule has 1 aliphatic heterocycles. The van der Waals surface area contributed by atoms with Crippen LogP contribution in [-0.4, -0.2) is 45.9 Å². The Balaban J connectivity index is 1.24. The minimum Gasteiger partial charge on any atom is -0.494 e. The first-order valence-electron chi connectivity index (χ1n) is 13.4. The summed E-state index contributed by atoms with van der Waals surface area (Å²) in [4.78, 5) is 19.8. The Morgan fingerprint density at radius 1 is 1.08 bits per heavy atom. The number of benzene rings is 1. The van der Waals surface area contributed by atoms with Crippen LogP contribution in [0.4, 0.5) is 10.2 Å². The molecule has 0 atom stereocenters. The van der Waals surface area contributed by atoms with E-state index in [1.807, 2.05) is 0 Å². The average molecular weight is 542 g/mol. The zero-order chi connectivity index (χ0) is 26.3. The van der Waals surface area contributed by atoms with Gasteiger partial charge in [0.15, 0.2) is 0 Å². The highest BCUT2D eigenvalue weighted by Crippen LogP contribution is 2.34. The number of rotatable bonds is 9. The SMILES string of the molecule is O=C(Nc1cc(-c2cc(OCCC3CCOCC3)ccc2Cl)c(F)cn1)c1nnc(CC2CCCCC2)[nH]1. The highest BCUT2D eigenvalue weighted by atomic mass is 35.5. The summed E-state index contributed by atoms with van der Waals surface area (Å²) in [6.45, 7) is 2.16. The fourth-order valence-corrected chi connectivity index (χ4v) is 5.44. The number of H-pyrrole nitrogens is 1. The van der Waals surface area contributed by atoms with E-state index in [1.54, 1.807) is 18.2 Å². The number of aromatic nitrogens is 4. The van der Waals surface area contributed by atoms with Gasteiger partial charge >= 0.3 is 0 Å². The summed E-state index contributed by atoms with van der Waals surface area (Å²) >= 11 is 6.43. The van der Waals surface area contributed by atoms with Gasteiger partial charge in [-0.25, -0.2) is 9.37 Å². The van der Waals surface area contributed by atoms with Gasteiger partial charge in [-0.05, 0) is 55.4 Å². The molecule has 3 aromatic rings. The van der Waals surface area contributed by atoms with Crippen molar-refractivity contribution in [1.82, 2.24) is 20.2 Å². The highest BCUT2D eigenvalue weighted by Gasteiger charge is 2.20. The maximum atomic E-state index is 14.8. The van der Waals surface area contributed by atoms with Crippen LogP contribution in [0.25, 0.3) is 11.1 Å². The zero-order valence-electron chi connectivity index (χ0n) is 21.3. The second kappa shape index (κ2) is 12.7. The number of hydrogen-bond donors (Lipinski definition) is 2. The van der Waals surface area contributed by atoms with Crippen molar-refractivity contribution in [3.8, 4) is 16.9 Å². The van der Waals surface area contributed by atoms with Crippen LogP contribution in [0.15, 0.2) is 30.5 Å². The summed E-state index contributed by atoms with van der Waals surface area (Å²) in [7, 11) is 0. The second-order valence-electron chi connectivity index (χ2n) is 10.2. The van der Waals surface area contributed by atoms with E-state index in [0.29, 0.717) is 40.6 Å². The number of ether oxygens (including phenoxy) is 2. The third kappa shape index (κ3) is 6.88. The number of hydrogen-bond acceptors (Lipinski definition) is 6. The molecule has 0 unspecified atom stereocenters. The summed E-state index contributed by atoms with van der Waals surface area (Å²) in [5, 5.41) is 11.2. The van der Waals surface area contributed by atoms with Crippen LogP contribution in [0.2, 0.25) is 5.02 Å². The molecular formula is C28H33ClFN5O3. The molecule has 0 spiro atoms. The molecule has 2 aliphatic rings. The standard InChI is InChI=1S/C28H33ClFN5O3/c29-23-7-6-20(38-13-10-18-8-11-37-12-9-18)15-21(23)22-16-25(31-17-24(22)30)33-28(36)27-32-26(34-35-27)14-19-4-2-1-3-5-19/h6-7,15-19H,1-5,8-14H2,(H,31,33,36)(H,32,34,35). The molecule has 0 radical (unpaired) electrons. The highest BCUT2D eigenvalue weighted by molar-refractivity contribution is 6.33. The number of halogens is 2. The number of carbonyl (C=O) groups excluding carboxylic acids is 1. The Bertz CT molecular complexity index is 1240. The van der Waals surface area contributed by atoms with Gasteiger partial charge in [0, 0.05) is 35.8 Å². The Labute approximate surface area is 226 Å². The Kier molecular flexibility index (Phi) is 8.86. The topological polar surface area (TPSA) is 102 Å². The zero-order valence-corrected chi connectivity index (χ0v) is 22.1. The molecule has 0 bridgehead atoms. The molecule has 3 heterocycles. The quantitative estimate of drug-likeness (QED) is 0.333. The maximum Gasteiger partial charge on any atom is 0.294 e. The van der Waals surface area contributed by atoms with Gasteiger partial charge < -0.3 is 19.8 Å². The molecule has 1 aliphatic carbocycles. The van der Waals surface area contributed by atoms with Gasteiger partial charge in [-0.3, -0.25) is 4.79 Å². The predicted octanol–water partition coefficient (Wildman–Crippen LogP) is 6.23. The molecule has 202 valence electrons. The second-order valence-corrected chi connectivity index (χ2v) is 10.6. The number of pyridine rings is 1. The molecule has 38 heavy (non-hydrogen) atoms. The molecule has 1 amide bonds. The minimum atomic E-state index is -0.557. The van der Waals surface area contributed by atoms with Gasteiger partial charge in [-0.2, -0.15) is 0 Å². The van der Waals surface area contributed by atoms with Crippen molar-refractivity contribution in [2.24, 2.45) is 11.8 Å². The third-order valence-electron chi connectivity index (χ3n) is 7.42. The molecule has 8 nitrogen and oxygen atoms in total. The molecule has 1 saturated heterocycles. The van der Waals surface area contributed by atoms with E-state index >= 15 is 0 Å². The lowest BCUT2D eigenvalue weighted by Crippen LogP contribution is -2.17. The van der Waals surface area contributed by atoms with Crippen LogP contribution in [0.1, 0.15) is 67.8 Å². The van der Waals surface area contributed by atoms with Crippen LogP contribution in [0, 0.1) is 17.7 Å². The molecule has 2 aromatic heterocycles. The number of carbonyl (C=O) groups is 1. The maximum absolute atomic E-state index is 14.8. The van der Waals surface area contributed by atoms with Crippen LogP contribution in [0.3, 0.4) is 0 Å². The van der Waals surface area contributed by atoms with Crippen molar-refractivity contribution in [2.75, 3.05) is 25.1 Å². The van der Waals surface area contributed by atoms with Crippen LogP contribution >= 0.6 is 11.6 Å². The average Bonchev–Trinajstić information content (AvgIpc) is 3.41. The number of nitrogens with one attached hydrogen (secondary N) is 2. The molecule has 1 aromatic carbocycles. The van der Waals surface area contributed by atoms with E-state index in [-0.39, 0.29) is 17.2 Å². The summed E-state index contributed by atoms with van der Waals surface area (Å²) in [6.07, 6.45) is 11.0. The number of aromatic amines is 1. The smallest absolute Gasteiger partial charge is 0.294 e. The van der Waals surface area contributed by atoms with E-state index in [4.69, 9.17) is 21.1 Å². The largest absolute Gasteiger partial charge is 0.494 e. The first-order valence-corrected chi connectivity index (χ1v) is 13.8. The van der Waals surface area contributed by atoms with Crippen molar-refractivity contribution >= 4 is 23.3 Å². The van der Waals surface area contributed by atoms with Gasteiger partial charge in [-0.15, -0.1) is 10.2 Å². The first kappa shape index (κ1) is 26.6. The van der Waals surface area contributed by atoms with E-state index in [2.05, 4.69) is 25.5 Å². The van der Waals surface area contributed by atoms with Crippen molar-refractivity contribution < 1.29 is 18.7 Å². The molecule has 2 fully saturated rings. The summed E-state index contributed by atoms with van der Waals surface area (Å²) in [5.74, 6) is 1.69. The van der Waals surface area contributed by atoms with Crippen LogP contribution in [0.5, 0.6) is 5.75 Å². The fourth-order valence-electron chi connectivity index (χ4n) is 5.22. The summed E-state index contributed by atoms with van der Waals surface area (Å²) < 4.78 is 26.2. The Morgan fingerprint density at radius 2 is 1.89 bits per heavy atom. The van der Waals surface area contributed by atoms with Crippen molar-refractivity contribution in [3.63, 3.8) is 0 Å². The molecule has 1 saturated carbocycles. The van der Waals surface area contributed by atoms with Crippen molar-refractivity contribution in [1.29, 1.82) is 0 Å². The van der Waals surface area contributed by atoms with Crippen LogP contribution in [-0.2, 0) is 11.2 Å². The number of amides is 1. The number of anilines is 1. The minimum absolute atomic E-state index is 0.0986. The van der Waals surface area contributed by atoms with Gasteiger partial charge in [0.05, 0.1) is 12.8 Å². The van der Waals surface area contributed by atoms with Crippen molar-refractivity contribution in [2.45, 2.75) is 57.8 Å². The lowest BCUT2D eigenvalue weighted by Gasteiger charge is -2.21. The summed E-state index contributed by atoms with van der Waals surface area (Å²) in [6, 6.07) is 6.62. The molecule has 2 N–H and O–H groups in total. The Hall–Kier alpha value is -3.04. The van der Waals surface area contributed by atoms with E-state index in [1.165, 1.54) is 38.2 Å². The summed E-state index contributed by atoms with van der Waals surface area (Å²) in [5.41, 5.74) is 0.672. The van der Waals surface area contributed by atoms with Gasteiger partial charge in [-0.1, -0.05) is 43.7 Å². The van der Waals surface area contributed by atoms with E-state index < -0.39 is 11.7 Å².